The zero-order valence-corrected chi connectivity index (χ0v) is 12.0. The highest BCUT2D eigenvalue weighted by atomic mass is 32.2. The highest BCUT2D eigenvalue weighted by Gasteiger charge is 2.25. The Morgan fingerprint density at radius 3 is 2.68 bits per heavy atom. The smallest absolute Gasteiger partial charge is 0.348 e. The molecule has 5 nitrogen and oxygen atoms in total. The highest BCUT2D eigenvalue weighted by molar-refractivity contribution is 7.93. The molecule has 0 saturated carbocycles. The average molecular weight is 300 g/mol. The summed E-state index contributed by atoms with van der Waals surface area (Å²) in [5, 5.41) is 10.4. The van der Waals surface area contributed by atoms with Gasteiger partial charge in [-0.05, 0) is 13.0 Å². The number of hydrogen-bond donors (Lipinski definition) is 1. The Morgan fingerprint density at radius 2 is 2.11 bits per heavy atom. The number of phenolic OH excluding ortho intramolecular Hbond substituents is 1. The summed E-state index contributed by atoms with van der Waals surface area (Å²) in [6.45, 7) is 1.87. The summed E-state index contributed by atoms with van der Waals surface area (Å²) in [5.41, 5.74) is 0. The minimum atomic E-state index is -3.53. The summed E-state index contributed by atoms with van der Waals surface area (Å²) in [4.78, 5) is 12.0. The van der Waals surface area contributed by atoms with Gasteiger partial charge in [0, 0.05) is 11.6 Å². The molecule has 0 saturated heterocycles. The normalized spacial score (nSPS) is 11.7. The van der Waals surface area contributed by atoms with Crippen molar-refractivity contribution in [2.75, 3.05) is 12.9 Å². The van der Waals surface area contributed by atoms with Crippen LogP contribution in [-0.2, 0) is 14.6 Å². The summed E-state index contributed by atoms with van der Waals surface area (Å²) in [6, 6.07) is 4.53. The van der Waals surface area contributed by atoms with Crippen LogP contribution in [0.3, 0.4) is 0 Å². The maximum atomic E-state index is 11.8. The summed E-state index contributed by atoms with van der Waals surface area (Å²) in [7, 11) is -3.53. The lowest BCUT2D eigenvalue weighted by Gasteiger charge is -1.99. The van der Waals surface area contributed by atoms with Crippen LogP contribution in [0.5, 0.6) is 5.75 Å². The topological polar surface area (TPSA) is 80.7 Å². The van der Waals surface area contributed by atoms with E-state index < -0.39 is 15.8 Å². The molecule has 0 fully saturated rings. The third-order valence-corrected chi connectivity index (χ3v) is 5.50. The van der Waals surface area contributed by atoms with E-state index in [9.17, 15) is 18.3 Å². The monoisotopic (exact) mass is 300 g/mol. The second-order valence-corrected chi connectivity index (χ2v) is 7.14. The van der Waals surface area contributed by atoms with Crippen LogP contribution in [0.25, 0.3) is 10.8 Å². The third-order valence-electron chi connectivity index (χ3n) is 2.48. The van der Waals surface area contributed by atoms with Crippen LogP contribution in [0.1, 0.15) is 16.6 Å². The summed E-state index contributed by atoms with van der Waals surface area (Å²) < 4.78 is 28.4. The van der Waals surface area contributed by atoms with Crippen LogP contribution in [0, 0.1) is 0 Å². The number of benzene rings is 1. The van der Waals surface area contributed by atoms with E-state index in [-0.39, 0.29) is 26.8 Å². The summed E-state index contributed by atoms with van der Waals surface area (Å²) >= 11 is 0.819. The Hall–Kier alpha value is -1.60. The second-order valence-electron chi connectivity index (χ2n) is 3.91. The predicted octanol–water partition coefficient (Wildman–Crippen LogP) is 2.19. The van der Waals surface area contributed by atoms with E-state index >= 15 is 0 Å². The van der Waals surface area contributed by atoms with E-state index in [0.29, 0.717) is 5.39 Å². The zero-order valence-electron chi connectivity index (χ0n) is 10.3. The minimum Gasteiger partial charge on any atom is -0.507 e. The van der Waals surface area contributed by atoms with Gasteiger partial charge in [-0.15, -0.1) is 11.3 Å². The van der Waals surface area contributed by atoms with Gasteiger partial charge in [0.1, 0.15) is 14.8 Å². The molecule has 0 atom stereocenters. The molecule has 0 aliphatic carbocycles. The van der Waals surface area contributed by atoms with E-state index in [1.807, 2.05) is 0 Å². The van der Waals surface area contributed by atoms with Crippen molar-refractivity contribution < 1.29 is 23.1 Å². The molecule has 1 aromatic carbocycles. The van der Waals surface area contributed by atoms with Crippen LogP contribution in [0.2, 0.25) is 0 Å². The average Bonchev–Trinajstić information content (AvgIpc) is 2.70. The van der Waals surface area contributed by atoms with Gasteiger partial charge in [-0.2, -0.15) is 0 Å². The van der Waals surface area contributed by atoms with Crippen LogP contribution >= 0.6 is 11.3 Å². The molecule has 2 rings (SSSR count). The number of esters is 1. The first kappa shape index (κ1) is 13.8. The molecular formula is C12H12O5S2. The molecule has 1 N–H and O–H groups in total. The molecule has 0 unspecified atom stereocenters. The molecule has 0 aliphatic rings. The molecule has 0 aliphatic heterocycles. The van der Waals surface area contributed by atoms with Crippen molar-refractivity contribution in [3.05, 3.63) is 23.1 Å². The molecular weight excluding hydrogens is 288 g/mol. The third kappa shape index (κ3) is 2.43. The zero-order chi connectivity index (χ0) is 14.2. The van der Waals surface area contributed by atoms with Gasteiger partial charge < -0.3 is 9.84 Å². The van der Waals surface area contributed by atoms with Crippen molar-refractivity contribution in [2.24, 2.45) is 0 Å². The molecule has 0 bridgehead atoms. The highest BCUT2D eigenvalue weighted by Crippen LogP contribution is 2.39. The van der Waals surface area contributed by atoms with Gasteiger partial charge in [0.05, 0.1) is 12.0 Å². The molecule has 2 aromatic rings. The number of fused-ring (bicyclic) bond motifs is 1. The summed E-state index contributed by atoms with van der Waals surface area (Å²) in [6.07, 6.45) is 1.04. The second kappa shape index (κ2) is 4.82. The van der Waals surface area contributed by atoms with Crippen molar-refractivity contribution in [1.82, 2.24) is 0 Å². The number of hydrogen-bond acceptors (Lipinski definition) is 6. The fourth-order valence-corrected chi connectivity index (χ4v) is 4.12. The predicted molar refractivity (Wildman–Crippen MR) is 72.6 cm³/mol. The van der Waals surface area contributed by atoms with Crippen molar-refractivity contribution in [2.45, 2.75) is 11.1 Å². The fraction of sp³-hybridized carbons (Fsp3) is 0.250. The Balaban J connectivity index is 2.82. The van der Waals surface area contributed by atoms with E-state index in [1.54, 1.807) is 19.1 Å². The largest absolute Gasteiger partial charge is 0.507 e. The van der Waals surface area contributed by atoms with Crippen molar-refractivity contribution >= 4 is 37.9 Å². The van der Waals surface area contributed by atoms with E-state index in [2.05, 4.69) is 0 Å². The number of aromatic hydroxyl groups is 1. The van der Waals surface area contributed by atoms with Gasteiger partial charge in [0.15, 0.2) is 9.84 Å². The van der Waals surface area contributed by atoms with Crippen LogP contribution < -0.4 is 0 Å². The Labute approximate surface area is 114 Å². The van der Waals surface area contributed by atoms with E-state index in [4.69, 9.17) is 4.74 Å². The molecule has 1 aromatic heterocycles. The first-order valence-corrected chi connectivity index (χ1v) is 8.18. The number of phenols is 1. The van der Waals surface area contributed by atoms with Gasteiger partial charge in [0.25, 0.3) is 0 Å². The molecule has 102 valence electrons. The van der Waals surface area contributed by atoms with Crippen LogP contribution in [0.4, 0.5) is 0 Å². The molecule has 1 heterocycles. The maximum absolute atomic E-state index is 11.8. The standard InChI is InChI=1S/C12H12O5S2/c1-3-17-11(14)10-7-5-4-6-8(13)9(7)12(18-10)19(2,15)16/h4-6,13H,3H2,1-2H3. The van der Waals surface area contributed by atoms with Gasteiger partial charge in [0.2, 0.25) is 0 Å². The van der Waals surface area contributed by atoms with Crippen molar-refractivity contribution in [1.29, 1.82) is 0 Å². The number of carbonyl (C=O) groups is 1. The minimum absolute atomic E-state index is 0.0244. The van der Waals surface area contributed by atoms with Crippen molar-refractivity contribution in [3.8, 4) is 5.75 Å². The van der Waals surface area contributed by atoms with Gasteiger partial charge in [-0.1, -0.05) is 12.1 Å². The van der Waals surface area contributed by atoms with Gasteiger partial charge in [-0.3, -0.25) is 0 Å². The fourth-order valence-electron chi connectivity index (χ4n) is 1.75. The lowest BCUT2D eigenvalue weighted by molar-refractivity contribution is 0.0534. The van der Waals surface area contributed by atoms with E-state index in [1.165, 1.54) is 6.07 Å². The van der Waals surface area contributed by atoms with Gasteiger partial charge >= 0.3 is 5.97 Å². The quantitative estimate of drug-likeness (QED) is 0.879. The lowest BCUT2D eigenvalue weighted by Crippen LogP contribution is -2.02. The number of carbonyl (C=O) groups excluding carboxylic acids is 1. The van der Waals surface area contributed by atoms with Gasteiger partial charge in [-0.25, -0.2) is 13.2 Å². The molecule has 0 spiro atoms. The molecule has 0 amide bonds. The van der Waals surface area contributed by atoms with Crippen molar-refractivity contribution in [3.63, 3.8) is 0 Å². The maximum Gasteiger partial charge on any atom is 0.348 e. The summed E-state index contributed by atoms with van der Waals surface area (Å²) in [5.74, 6) is -0.747. The lowest BCUT2D eigenvalue weighted by atomic mass is 10.2. The Bertz CT molecular complexity index is 743. The Kier molecular flexibility index (Phi) is 3.51. The molecule has 7 heteroatoms. The number of thiophene rings is 1. The number of sulfone groups is 1. The first-order valence-electron chi connectivity index (χ1n) is 5.48. The first-order chi connectivity index (χ1) is 8.86. The SMILES string of the molecule is CCOC(=O)c1sc(S(C)(=O)=O)c2c(O)cccc12. The van der Waals surface area contributed by atoms with Crippen LogP contribution in [0.15, 0.2) is 22.4 Å². The number of ether oxygens (including phenoxy) is 1. The van der Waals surface area contributed by atoms with E-state index in [0.717, 1.165) is 17.6 Å². The molecule has 0 radical (unpaired) electrons. The molecule has 19 heavy (non-hydrogen) atoms. The number of rotatable bonds is 3. The van der Waals surface area contributed by atoms with Crippen LogP contribution in [-0.4, -0.2) is 32.4 Å². The Morgan fingerprint density at radius 1 is 1.42 bits per heavy atom.